The summed E-state index contributed by atoms with van der Waals surface area (Å²) in [6, 6.07) is 0. The molecule has 0 radical (unpaired) electrons. The molecule has 0 unspecified atom stereocenters. The van der Waals surface area contributed by atoms with Crippen LogP contribution in [0.15, 0.2) is 0 Å². The second kappa shape index (κ2) is 2.98. The molecule has 0 aromatic rings. The fourth-order valence-corrected chi connectivity index (χ4v) is 4.67. The Morgan fingerprint density at radius 3 is 1.93 bits per heavy atom. The summed E-state index contributed by atoms with van der Waals surface area (Å²) < 4.78 is 6.11. The molecule has 0 aliphatic heterocycles. The Hall–Kier alpha value is -0.0400. The predicted molar refractivity (Wildman–Crippen MR) is 57.1 cm³/mol. The minimum absolute atomic E-state index is 0.252. The van der Waals surface area contributed by atoms with Crippen molar-refractivity contribution in [1.82, 2.24) is 0 Å². The monoisotopic (exact) mass is 194 g/mol. The topological polar surface area (TPSA) is 9.23 Å². The summed E-state index contributed by atoms with van der Waals surface area (Å²) in [6.07, 6.45) is 7.38. The van der Waals surface area contributed by atoms with Gasteiger partial charge in [0.2, 0.25) is 0 Å². The fraction of sp³-hybridized carbons (Fsp3) is 1.00. The van der Waals surface area contributed by atoms with E-state index >= 15 is 0 Å². The first kappa shape index (κ1) is 9.21. The molecule has 0 heterocycles. The van der Waals surface area contributed by atoms with Crippen molar-refractivity contribution >= 4 is 0 Å². The van der Waals surface area contributed by atoms with Gasteiger partial charge in [-0.2, -0.15) is 0 Å². The zero-order valence-electron chi connectivity index (χ0n) is 9.46. The molecule has 4 bridgehead atoms. The third kappa shape index (κ3) is 1.11. The molecule has 4 aliphatic rings. The molecule has 0 amide bonds. The van der Waals surface area contributed by atoms with Crippen LogP contribution >= 0.6 is 0 Å². The van der Waals surface area contributed by atoms with Gasteiger partial charge in [-0.1, -0.05) is 0 Å². The molecule has 1 heteroatoms. The van der Waals surface area contributed by atoms with Gasteiger partial charge in [-0.15, -0.1) is 0 Å². The SMILES string of the molecule is CCOC1(C)C2CC3CC(C2)CC1C3. The zero-order valence-corrected chi connectivity index (χ0v) is 9.46. The van der Waals surface area contributed by atoms with Crippen LogP contribution in [0.1, 0.15) is 46.0 Å². The Morgan fingerprint density at radius 1 is 1.00 bits per heavy atom. The highest BCUT2D eigenvalue weighted by Crippen LogP contribution is 2.59. The summed E-state index contributed by atoms with van der Waals surface area (Å²) in [4.78, 5) is 0. The Balaban J connectivity index is 1.87. The highest BCUT2D eigenvalue weighted by molar-refractivity contribution is 5.05. The molecule has 4 aliphatic carbocycles. The van der Waals surface area contributed by atoms with Gasteiger partial charge < -0.3 is 4.74 Å². The van der Waals surface area contributed by atoms with Crippen molar-refractivity contribution in [2.24, 2.45) is 23.7 Å². The number of rotatable bonds is 2. The fourth-order valence-electron chi connectivity index (χ4n) is 4.67. The Kier molecular flexibility index (Phi) is 1.96. The van der Waals surface area contributed by atoms with E-state index in [4.69, 9.17) is 4.74 Å². The van der Waals surface area contributed by atoms with E-state index in [1.165, 1.54) is 32.1 Å². The normalized spacial score (nSPS) is 55.3. The molecule has 80 valence electrons. The van der Waals surface area contributed by atoms with Gasteiger partial charge in [-0.05, 0) is 69.6 Å². The van der Waals surface area contributed by atoms with Crippen LogP contribution in [-0.2, 0) is 4.74 Å². The molecule has 4 saturated carbocycles. The first-order chi connectivity index (χ1) is 6.72. The summed E-state index contributed by atoms with van der Waals surface area (Å²) in [5.41, 5.74) is 0.252. The van der Waals surface area contributed by atoms with Gasteiger partial charge in [0.25, 0.3) is 0 Å². The van der Waals surface area contributed by atoms with Crippen molar-refractivity contribution < 1.29 is 4.74 Å². The van der Waals surface area contributed by atoms with Crippen molar-refractivity contribution in [2.45, 2.75) is 51.6 Å². The largest absolute Gasteiger partial charge is 0.375 e. The number of hydrogen-bond acceptors (Lipinski definition) is 1. The second-order valence-corrected chi connectivity index (χ2v) is 5.92. The van der Waals surface area contributed by atoms with E-state index in [9.17, 15) is 0 Å². The molecular formula is C13H22O. The smallest absolute Gasteiger partial charge is 0.0710 e. The third-order valence-corrected chi connectivity index (χ3v) is 5.21. The second-order valence-electron chi connectivity index (χ2n) is 5.92. The number of ether oxygens (including phenoxy) is 1. The molecule has 0 spiro atoms. The lowest BCUT2D eigenvalue weighted by atomic mass is 9.50. The first-order valence-corrected chi connectivity index (χ1v) is 6.36. The highest BCUT2D eigenvalue weighted by Gasteiger charge is 2.55. The maximum Gasteiger partial charge on any atom is 0.0710 e. The number of hydrogen-bond donors (Lipinski definition) is 0. The molecule has 0 aromatic heterocycles. The van der Waals surface area contributed by atoms with Crippen LogP contribution in [0.4, 0.5) is 0 Å². The van der Waals surface area contributed by atoms with Crippen molar-refractivity contribution in [1.29, 1.82) is 0 Å². The van der Waals surface area contributed by atoms with E-state index in [-0.39, 0.29) is 5.60 Å². The lowest BCUT2D eigenvalue weighted by molar-refractivity contribution is -0.191. The van der Waals surface area contributed by atoms with E-state index in [1.54, 1.807) is 0 Å². The molecule has 4 rings (SSSR count). The van der Waals surface area contributed by atoms with Gasteiger partial charge in [0, 0.05) is 6.61 Å². The van der Waals surface area contributed by atoms with Crippen LogP contribution < -0.4 is 0 Å². The standard InChI is InChI=1S/C13H22O/c1-3-14-13(2)11-5-9-4-10(7-11)8-12(13)6-9/h9-12H,3-8H2,1-2H3. The average Bonchev–Trinajstić information content (AvgIpc) is 2.14. The van der Waals surface area contributed by atoms with Crippen molar-refractivity contribution in [3.05, 3.63) is 0 Å². The summed E-state index contributed by atoms with van der Waals surface area (Å²) in [5, 5.41) is 0. The van der Waals surface area contributed by atoms with E-state index in [1.807, 2.05) is 0 Å². The van der Waals surface area contributed by atoms with Crippen LogP contribution in [0.2, 0.25) is 0 Å². The van der Waals surface area contributed by atoms with Crippen LogP contribution in [0, 0.1) is 23.7 Å². The first-order valence-electron chi connectivity index (χ1n) is 6.36. The summed E-state index contributed by atoms with van der Waals surface area (Å²) in [5.74, 6) is 3.90. The lowest BCUT2D eigenvalue weighted by Gasteiger charge is -2.59. The van der Waals surface area contributed by atoms with Gasteiger partial charge in [0.15, 0.2) is 0 Å². The molecular weight excluding hydrogens is 172 g/mol. The summed E-state index contributed by atoms with van der Waals surface area (Å²) in [7, 11) is 0. The van der Waals surface area contributed by atoms with Crippen LogP contribution in [0.3, 0.4) is 0 Å². The summed E-state index contributed by atoms with van der Waals surface area (Å²) in [6.45, 7) is 5.44. The van der Waals surface area contributed by atoms with E-state index in [2.05, 4.69) is 13.8 Å². The molecule has 14 heavy (non-hydrogen) atoms. The van der Waals surface area contributed by atoms with Gasteiger partial charge in [-0.25, -0.2) is 0 Å². The van der Waals surface area contributed by atoms with Crippen molar-refractivity contribution in [3.63, 3.8) is 0 Å². The molecule has 1 nitrogen and oxygen atoms in total. The minimum Gasteiger partial charge on any atom is -0.375 e. The molecule has 0 N–H and O–H groups in total. The lowest BCUT2D eigenvalue weighted by Crippen LogP contribution is -2.57. The van der Waals surface area contributed by atoms with E-state index in [0.717, 1.165) is 30.3 Å². The van der Waals surface area contributed by atoms with E-state index in [0.29, 0.717) is 0 Å². The molecule has 0 atom stereocenters. The van der Waals surface area contributed by atoms with Gasteiger partial charge in [0.1, 0.15) is 0 Å². The predicted octanol–water partition coefficient (Wildman–Crippen LogP) is 3.24. The Bertz CT molecular complexity index is 205. The van der Waals surface area contributed by atoms with Gasteiger partial charge in [-0.3, -0.25) is 0 Å². The molecule has 0 saturated heterocycles. The van der Waals surface area contributed by atoms with Gasteiger partial charge >= 0.3 is 0 Å². The maximum absolute atomic E-state index is 6.11. The molecule has 4 fully saturated rings. The minimum atomic E-state index is 0.252. The summed E-state index contributed by atoms with van der Waals surface area (Å²) >= 11 is 0. The van der Waals surface area contributed by atoms with E-state index < -0.39 is 0 Å². The average molecular weight is 194 g/mol. The van der Waals surface area contributed by atoms with Crippen LogP contribution in [-0.4, -0.2) is 12.2 Å². The third-order valence-electron chi connectivity index (χ3n) is 5.21. The van der Waals surface area contributed by atoms with Crippen molar-refractivity contribution in [3.8, 4) is 0 Å². The highest BCUT2D eigenvalue weighted by atomic mass is 16.5. The quantitative estimate of drug-likeness (QED) is 0.655. The van der Waals surface area contributed by atoms with Crippen molar-refractivity contribution in [2.75, 3.05) is 6.61 Å². The zero-order chi connectivity index (χ0) is 9.76. The Morgan fingerprint density at radius 2 is 1.50 bits per heavy atom. The Labute approximate surface area is 87.2 Å². The molecule has 0 aromatic carbocycles. The van der Waals surface area contributed by atoms with Crippen LogP contribution in [0.5, 0.6) is 0 Å². The van der Waals surface area contributed by atoms with Crippen LogP contribution in [0.25, 0.3) is 0 Å². The van der Waals surface area contributed by atoms with Gasteiger partial charge in [0.05, 0.1) is 5.60 Å². The maximum atomic E-state index is 6.11.